The number of methoxy groups -OCH3 is 1. The molecule has 6 heteroatoms. The first-order chi connectivity index (χ1) is 13.0. The number of hydrogen-bond donors (Lipinski definition) is 2. The first-order valence-corrected chi connectivity index (χ1v) is 8.90. The summed E-state index contributed by atoms with van der Waals surface area (Å²) < 4.78 is 11.0. The number of anilines is 1. The third-order valence-electron chi connectivity index (χ3n) is 4.76. The summed E-state index contributed by atoms with van der Waals surface area (Å²) in [7, 11) is 1.40. The Morgan fingerprint density at radius 1 is 1.19 bits per heavy atom. The van der Waals surface area contributed by atoms with E-state index in [1.807, 2.05) is 31.2 Å². The van der Waals surface area contributed by atoms with Crippen molar-refractivity contribution in [1.29, 1.82) is 0 Å². The molecular formula is C21H23NO5. The van der Waals surface area contributed by atoms with Crippen LogP contribution in [-0.4, -0.2) is 30.7 Å². The molecule has 1 aliphatic rings. The maximum absolute atomic E-state index is 12.9. The predicted octanol–water partition coefficient (Wildman–Crippen LogP) is 3.81. The number of rotatable bonds is 5. The zero-order chi connectivity index (χ0) is 19.4. The summed E-state index contributed by atoms with van der Waals surface area (Å²) in [6.45, 7) is 2.65. The Bertz CT molecular complexity index is 831. The van der Waals surface area contributed by atoms with Gasteiger partial charge in [-0.2, -0.15) is 0 Å². The van der Waals surface area contributed by atoms with Crippen LogP contribution in [0, 0.1) is 12.8 Å². The molecule has 1 saturated heterocycles. The number of benzene rings is 2. The zero-order valence-corrected chi connectivity index (χ0v) is 15.4. The molecule has 0 spiro atoms. The summed E-state index contributed by atoms with van der Waals surface area (Å²) in [4.78, 5) is 24.1. The summed E-state index contributed by atoms with van der Waals surface area (Å²) in [5.41, 5.74) is 2.68. The smallest absolute Gasteiger partial charge is 0.339 e. The molecule has 3 rings (SSSR count). The first kappa shape index (κ1) is 18.9. The quantitative estimate of drug-likeness (QED) is 0.837. The van der Waals surface area contributed by atoms with E-state index < -0.39 is 5.97 Å². The lowest BCUT2D eigenvalue weighted by Crippen LogP contribution is -2.33. The summed E-state index contributed by atoms with van der Waals surface area (Å²) in [5, 5.41) is 12.0. The number of aryl methyl sites for hydroxylation is 1. The minimum atomic E-state index is -1.08. The Kier molecular flexibility index (Phi) is 5.76. The summed E-state index contributed by atoms with van der Waals surface area (Å²) in [6.07, 6.45) is 1.26. The van der Waals surface area contributed by atoms with E-state index in [-0.39, 0.29) is 29.2 Å². The Labute approximate surface area is 158 Å². The van der Waals surface area contributed by atoms with Gasteiger partial charge in [0.1, 0.15) is 11.3 Å². The minimum Gasteiger partial charge on any atom is -0.496 e. The zero-order valence-electron chi connectivity index (χ0n) is 15.4. The van der Waals surface area contributed by atoms with Crippen LogP contribution < -0.4 is 10.1 Å². The van der Waals surface area contributed by atoms with Crippen LogP contribution in [0.25, 0.3) is 0 Å². The van der Waals surface area contributed by atoms with Gasteiger partial charge in [0.2, 0.25) is 5.91 Å². The van der Waals surface area contributed by atoms with Crippen LogP contribution >= 0.6 is 0 Å². The van der Waals surface area contributed by atoms with Gasteiger partial charge >= 0.3 is 5.97 Å². The molecular weight excluding hydrogens is 346 g/mol. The topological polar surface area (TPSA) is 84.9 Å². The number of hydrogen-bond acceptors (Lipinski definition) is 4. The average molecular weight is 369 g/mol. The van der Waals surface area contributed by atoms with Crippen molar-refractivity contribution in [1.82, 2.24) is 0 Å². The second kappa shape index (κ2) is 8.22. The second-order valence-corrected chi connectivity index (χ2v) is 6.66. The maximum atomic E-state index is 12.9. The second-order valence-electron chi connectivity index (χ2n) is 6.66. The fourth-order valence-electron chi connectivity index (χ4n) is 3.31. The molecule has 142 valence electrons. The molecule has 27 heavy (non-hydrogen) atoms. The standard InChI is InChI=1S/C21H23NO5/c1-13-5-7-14(8-6-13)19-17(4-3-11-27-19)20(23)22-15-9-10-16(21(24)25)18(12-15)26-2/h5-10,12,17,19H,3-4,11H2,1-2H3,(H,22,23)(H,24,25). The van der Waals surface area contributed by atoms with E-state index in [1.165, 1.54) is 19.2 Å². The average Bonchev–Trinajstić information content (AvgIpc) is 2.68. The van der Waals surface area contributed by atoms with Gasteiger partial charge in [0.15, 0.2) is 0 Å². The highest BCUT2D eigenvalue weighted by atomic mass is 16.5. The fourth-order valence-corrected chi connectivity index (χ4v) is 3.31. The van der Waals surface area contributed by atoms with Gasteiger partial charge in [0.25, 0.3) is 0 Å². The van der Waals surface area contributed by atoms with E-state index in [4.69, 9.17) is 14.6 Å². The molecule has 2 unspecified atom stereocenters. The Morgan fingerprint density at radius 3 is 2.59 bits per heavy atom. The van der Waals surface area contributed by atoms with Crippen molar-refractivity contribution in [3.8, 4) is 5.75 Å². The number of ether oxygens (including phenoxy) is 2. The molecule has 0 bridgehead atoms. The molecule has 2 atom stereocenters. The van der Waals surface area contributed by atoms with Gasteiger partial charge in [-0.1, -0.05) is 29.8 Å². The van der Waals surface area contributed by atoms with Gasteiger partial charge in [0.05, 0.1) is 19.1 Å². The highest BCUT2D eigenvalue weighted by Crippen LogP contribution is 2.35. The van der Waals surface area contributed by atoms with Crippen molar-refractivity contribution in [2.45, 2.75) is 25.9 Å². The minimum absolute atomic E-state index is 0.0500. The van der Waals surface area contributed by atoms with Crippen LogP contribution in [0.1, 0.15) is 40.4 Å². The van der Waals surface area contributed by atoms with Crippen LogP contribution in [-0.2, 0) is 9.53 Å². The Hall–Kier alpha value is -2.86. The molecule has 2 N–H and O–H groups in total. The molecule has 0 radical (unpaired) electrons. The number of nitrogens with one attached hydrogen (secondary N) is 1. The SMILES string of the molecule is COc1cc(NC(=O)C2CCCOC2c2ccc(C)cc2)ccc1C(=O)O. The largest absolute Gasteiger partial charge is 0.496 e. The lowest BCUT2D eigenvalue weighted by atomic mass is 9.88. The fraction of sp³-hybridized carbons (Fsp3) is 0.333. The van der Waals surface area contributed by atoms with Crippen molar-refractivity contribution in [3.05, 3.63) is 59.2 Å². The van der Waals surface area contributed by atoms with Crippen LogP contribution in [0.3, 0.4) is 0 Å². The van der Waals surface area contributed by atoms with Gasteiger partial charge in [-0.3, -0.25) is 4.79 Å². The van der Waals surface area contributed by atoms with Crippen LogP contribution in [0.4, 0.5) is 5.69 Å². The molecule has 0 aromatic heterocycles. The van der Waals surface area contributed by atoms with Crippen molar-refractivity contribution in [2.24, 2.45) is 5.92 Å². The Balaban J connectivity index is 1.79. The van der Waals surface area contributed by atoms with E-state index in [2.05, 4.69) is 5.32 Å². The lowest BCUT2D eigenvalue weighted by Gasteiger charge is -2.31. The molecule has 1 aliphatic heterocycles. The van der Waals surface area contributed by atoms with E-state index in [1.54, 1.807) is 6.07 Å². The Morgan fingerprint density at radius 2 is 1.93 bits per heavy atom. The molecule has 1 fully saturated rings. The van der Waals surface area contributed by atoms with Crippen molar-refractivity contribution >= 4 is 17.6 Å². The van der Waals surface area contributed by atoms with E-state index in [9.17, 15) is 9.59 Å². The van der Waals surface area contributed by atoms with E-state index in [0.717, 1.165) is 24.0 Å². The van der Waals surface area contributed by atoms with Crippen molar-refractivity contribution in [2.75, 3.05) is 19.0 Å². The van der Waals surface area contributed by atoms with Crippen LogP contribution in [0.5, 0.6) is 5.75 Å². The van der Waals surface area contributed by atoms with Gasteiger partial charge in [-0.15, -0.1) is 0 Å². The maximum Gasteiger partial charge on any atom is 0.339 e. The van der Waals surface area contributed by atoms with E-state index in [0.29, 0.717) is 12.3 Å². The molecule has 6 nitrogen and oxygen atoms in total. The van der Waals surface area contributed by atoms with Gasteiger partial charge in [-0.05, 0) is 37.5 Å². The monoisotopic (exact) mass is 369 g/mol. The van der Waals surface area contributed by atoms with Crippen molar-refractivity contribution < 1.29 is 24.2 Å². The number of carboxylic acids is 1. The van der Waals surface area contributed by atoms with Gasteiger partial charge in [-0.25, -0.2) is 4.79 Å². The lowest BCUT2D eigenvalue weighted by molar-refractivity contribution is -0.129. The molecule has 1 heterocycles. The summed E-state index contributed by atoms with van der Waals surface area (Å²) >= 11 is 0. The predicted molar refractivity (Wildman–Crippen MR) is 101 cm³/mol. The highest BCUT2D eigenvalue weighted by Gasteiger charge is 2.33. The van der Waals surface area contributed by atoms with Crippen LogP contribution in [0.15, 0.2) is 42.5 Å². The molecule has 0 aliphatic carbocycles. The summed E-state index contributed by atoms with van der Waals surface area (Å²) in [6, 6.07) is 12.5. The molecule has 0 saturated carbocycles. The third-order valence-corrected chi connectivity index (χ3v) is 4.76. The van der Waals surface area contributed by atoms with Crippen molar-refractivity contribution in [3.63, 3.8) is 0 Å². The molecule has 2 aromatic rings. The number of amides is 1. The molecule has 1 amide bonds. The van der Waals surface area contributed by atoms with E-state index >= 15 is 0 Å². The number of carboxylic acid groups (broad SMARTS) is 1. The highest BCUT2D eigenvalue weighted by molar-refractivity contribution is 5.95. The first-order valence-electron chi connectivity index (χ1n) is 8.90. The van der Waals surface area contributed by atoms with Gasteiger partial charge in [0, 0.05) is 18.4 Å². The number of aromatic carboxylic acids is 1. The number of carbonyl (C=O) groups is 2. The summed E-state index contributed by atoms with van der Waals surface area (Å²) in [5.74, 6) is -1.34. The number of carbonyl (C=O) groups excluding carboxylic acids is 1. The molecule has 2 aromatic carbocycles. The van der Waals surface area contributed by atoms with Gasteiger partial charge < -0.3 is 19.9 Å². The third kappa shape index (κ3) is 4.28. The van der Waals surface area contributed by atoms with Crippen LogP contribution in [0.2, 0.25) is 0 Å². The normalized spacial score (nSPS) is 19.3.